The Hall–Kier alpha value is -2.19. The van der Waals surface area contributed by atoms with Crippen LogP contribution < -0.4 is 5.32 Å². The van der Waals surface area contributed by atoms with Crippen LogP contribution in [0.2, 0.25) is 0 Å². The van der Waals surface area contributed by atoms with Gasteiger partial charge in [0.05, 0.1) is 5.56 Å². The minimum absolute atomic E-state index is 0.0992. The molecule has 0 fully saturated rings. The first-order valence-corrected chi connectivity index (χ1v) is 7.95. The van der Waals surface area contributed by atoms with Crippen LogP contribution in [0.1, 0.15) is 10.4 Å². The molecule has 0 radical (unpaired) electrons. The number of carbonyl (C=O) groups is 1. The quantitative estimate of drug-likeness (QED) is 0.710. The van der Waals surface area contributed by atoms with Gasteiger partial charge in [-0.1, -0.05) is 15.9 Å². The third-order valence-electron chi connectivity index (χ3n) is 2.92. The van der Waals surface area contributed by atoms with Crippen LogP contribution in [-0.4, -0.2) is 15.3 Å². The molecule has 1 N–H and O–H groups in total. The molecule has 0 saturated heterocycles. The van der Waals surface area contributed by atoms with Crippen LogP contribution in [0.4, 0.5) is 13.9 Å². The van der Waals surface area contributed by atoms with Crippen molar-refractivity contribution in [1.82, 2.24) is 9.36 Å². The van der Waals surface area contributed by atoms with E-state index in [1.165, 1.54) is 42.5 Å². The number of hydrogen-bond acceptors (Lipinski definition) is 4. The number of nitrogens with zero attached hydrogens (tertiary/aromatic N) is 2. The molecule has 0 bridgehead atoms. The van der Waals surface area contributed by atoms with Gasteiger partial charge in [0.15, 0.2) is 5.82 Å². The molecule has 0 spiro atoms. The minimum atomic E-state index is -0.631. The maximum Gasteiger partial charge on any atom is 0.260 e. The van der Waals surface area contributed by atoms with Crippen LogP contribution in [-0.2, 0) is 0 Å². The summed E-state index contributed by atoms with van der Waals surface area (Å²) >= 11 is 4.15. The van der Waals surface area contributed by atoms with Crippen LogP contribution in [0, 0.1) is 11.6 Å². The van der Waals surface area contributed by atoms with Crippen molar-refractivity contribution >= 4 is 38.5 Å². The van der Waals surface area contributed by atoms with Gasteiger partial charge < -0.3 is 0 Å². The van der Waals surface area contributed by atoms with E-state index in [9.17, 15) is 13.6 Å². The summed E-state index contributed by atoms with van der Waals surface area (Å²) in [7, 11) is 0. The van der Waals surface area contributed by atoms with Gasteiger partial charge in [-0.05, 0) is 42.5 Å². The molecule has 1 aromatic heterocycles. The van der Waals surface area contributed by atoms with Gasteiger partial charge >= 0.3 is 0 Å². The molecule has 4 nitrogen and oxygen atoms in total. The number of benzene rings is 2. The normalized spacial score (nSPS) is 10.6. The predicted octanol–water partition coefficient (Wildman–Crippen LogP) is 4.50. The Labute approximate surface area is 142 Å². The zero-order chi connectivity index (χ0) is 16.4. The summed E-state index contributed by atoms with van der Waals surface area (Å²) in [5.41, 5.74) is 0.523. The Balaban J connectivity index is 1.80. The molecule has 1 amide bonds. The fourth-order valence-electron chi connectivity index (χ4n) is 1.83. The molecule has 2 aromatic carbocycles. The highest BCUT2D eigenvalue weighted by atomic mass is 79.9. The van der Waals surface area contributed by atoms with Gasteiger partial charge in [0, 0.05) is 21.6 Å². The number of rotatable bonds is 3. The smallest absolute Gasteiger partial charge is 0.260 e. The number of carbonyl (C=O) groups excluding carboxylic acids is 1. The molecule has 1 heterocycles. The second-order valence-corrected chi connectivity index (χ2v) is 6.18. The van der Waals surface area contributed by atoms with Gasteiger partial charge in [-0.2, -0.15) is 9.36 Å². The average Bonchev–Trinajstić information content (AvgIpc) is 2.99. The van der Waals surface area contributed by atoms with Crippen molar-refractivity contribution in [2.24, 2.45) is 0 Å². The summed E-state index contributed by atoms with van der Waals surface area (Å²) in [5, 5.41) is 2.73. The van der Waals surface area contributed by atoms with E-state index in [4.69, 9.17) is 0 Å². The Morgan fingerprint density at radius 2 is 1.87 bits per heavy atom. The minimum Gasteiger partial charge on any atom is -0.296 e. The van der Waals surface area contributed by atoms with Gasteiger partial charge in [-0.25, -0.2) is 8.78 Å². The summed E-state index contributed by atoms with van der Waals surface area (Å²) in [6.07, 6.45) is 0. The molecular weight excluding hydrogens is 388 g/mol. The molecule has 0 aliphatic rings. The fourth-order valence-corrected chi connectivity index (χ4v) is 2.77. The van der Waals surface area contributed by atoms with Crippen molar-refractivity contribution in [2.75, 3.05) is 5.32 Å². The van der Waals surface area contributed by atoms with Gasteiger partial charge in [0.2, 0.25) is 5.13 Å². The lowest BCUT2D eigenvalue weighted by molar-refractivity contribution is 0.102. The topological polar surface area (TPSA) is 54.9 Å². The Morgan fingerprint density at radius 3 is 2.61 bits per heavy atom. The molecular formula is C15H8BrF2N3OS. The standard InChI is InChI=1S/C15H8BrF2N3OS/c16-9-3-6-12(18)11(7-9)14(22)20-15-19-13(21-23-15)8-1-4-10(17)5-2-8/h1-7H,(H,19,20,21,22). The first kappa shape index (κ1) is 15.7. The van der Waals surface area contributed by atoms with E-state index in [0.29, 0.717) is 15.9 Å². The van der Waals surface area contributed by atoms with Crippen LogP contribution in [0.15, 0.2) is 46.9 Å². The second-order valence-electron chi connectivity index (χ2n) is 4.51. The van der Waals surface area contributed by atoms with Crippen molar-refractivity contribution in [3.63, 3.8) is 0 Å². The van der Waals surface area contributed by atoms with E-state index in [0.717, 1.165) is 11.5 Å². The van der Waals surface area contributed by atoms with Gasteiger partial charge in [0.1, 0.15) is 11.6 Å². The van der Waals surface area contributed by atoms with Crippen LogP contribution in [0.25, 0.3) is 11.4 Å². The molecule has 0 unspecified atom stereocenters. The lowest BCUT2D eigenvalue weighted by atomic mass is 10.2. The maximum atomic E-state index is 13.7. The van der Waals surface area contributed by atoms with Gasteiger partial charge in [-0.3, -0.25) is 10.1 Å². The third kappa shape index (κ3) is 3.59. The van der Waals surface area contributed by atoms with Crippen LogP contribution in [0.5, 0.6) is 0 Å². The highest BCUT2D eigenvalue weighted by Crippen LogP contribution is 2.22. The van der Waals surface area contributed by atoms with Crippen molar-refractivity contribution in [1.29, 1.82) is 0 Å². The molecule has 0 aliphatic carbocycles. The number of halogens is 3. The first-order chi connectivity index (χ1) is 11.0. The summed E-state index contributed by atoms with van der Waals surface area (Å²) < 4.78 is 31.3. The second kappa shape index (κ2) is 6.51. The van der Waals surface area contributed by atoms with Gasteiger partial charge in [-0.15, -0.1) is 0 Å². The summed E-state index contributed by atoms with van der Waals surface area (Å²) in [6.45, 7) is 0. The van der Waals surface area contributed by atoms with Crippen molar-refractivity contribution in [2.45, 2.75) is 0 Å². The lowest BCUT2D eigenvalue weighted by Gasteiger charge is -2.03. The lowest BCUT2D eigenvalue weighted by Crippen LogP contribution is -2.13. The Morgan fingerprint density at radius 1 is 1.13 bits per heavy atom. The van der Waals surface area contributed by atoms with E-state index >= 15 is 0 Å². The molecule has 3 aromatic rings. The van der Waals surface area contributed by atoms with E-state index in [2.05, 4.69) is 30.6 Å². The average molecular weight is 396 g/mol. The predicted molar refractivity (Wildman–Crippen MR) is 87.4 cm³/mol. The molecule has 116 valence electrons. The van der Waals surface area contributed by atoms with Crippen LogP contribution in [0.3, 0.4) is 0 Å². The van der Waals surface area contributed by atoms with E-state index in [1.807, 2.05) is 0 Å². The van der Waals surface area contributed by atoms with E-state index in [-0.39, 0.29) is 16.5 Å². The van der Waals surface area contributed by atoms with E-state index < -0.39 is 11.7 Å². The Kier molecular flexibility index (Phi) is 4.44. The van der Waals surface area contributed by atoms with Crippen molar-refractivity contribution in [3.05, 3.63) is 64.1 Å². The highest BCUT2D eigenvalue weighted by molar-refractivity contribution is 9.10. The van der Waals surface area contributed by atoms with E-state index in [1.54, 1.807) is 0 Å². The molecule has 8 heteroatoms. The SMILES string of the molecule is O=C(Nc1nc(-c2ccc(F)cc2)ns1)c1cc(Br)ccc1F. The number of amides is 1. The molecule has 0 saturated carbocycles. The molecule has 0 aliphatic heterocycles. The summed E-state index contributed by atoms with van der Waals surface area (Å²) in [6, 6.07) is 9.75. The number of hydrogen-bond donors (Lipinski definition) is 1. The van der Waals surface area contributed by atoms with Crippen molar-refractivity contribution < 1.29 is 13.6 Å². The first-order valence-electron chi connectivity index (χ1n) is 6.39. The fraction of sp³-hybridized carbons (Fsp3) is 0. The Bertz CT molecular complexity index is 867. The highest BCUT2D eigenvalue weighted by Gasteiger charge is 2.15. The monoisotopic (exact) mass is 395 g/mol. The summed E-state index contributed by atoms with van der Waals surface area (Å²) in [5.74, 6) is -1.25. The maximum absolute atomic E-state index is 13.7. The zero-order valence-electron chi connectivity index (χ0n) is 11.4. The largest absolute Gasteiger partial charge is 0.296 e. The third-order valence-corrected chi connectivity index (χ3v) is 4.05. The van der Waals surface area contributed by atoms with Crippen LogP contribution >= 0.6 is 27.5 Å². The summed E-state index contributed by atoms with van der Waals surface area (Å²) in [4.78, 5) is 16.2. The van der Waals surface area contributed by atoms with Crippen molar-refractivity contribution in [3.8, 4) is 11.4 Å². The number of aromatic nitrogens is 2. The number of anilines is 1. The molecule has 3 rings (SSSR count). The zero-order valence-corrected chi connectivity index (χ0v) is 13.8. The molecule has 23 heavy (non-hydrogen) atoms. The molecule has 0 atom stereocenters. The number of nitrogens with one attached hydrogen (secondary N) is 1. The van der Waals surface area contributed by atoms with Gasteiger partial charge in [0.25, 0.3) is 5.91 Å².